The monoisotopic (exact) mass is 294 g/mol. The van der Waals surface area contributed by atoms with Crippen molar-refractivity contribution in [1.29, 1.82) is 0 Å². The highest BCUT2D eigenvalue weighted by molar-refractivity contribution is 6.31. The van der Waals surface area contributed by atoms with Gasteiger partial charge in [0.2, 0.25) is 0 Å². The number of fused-ring (bicyclic) bond motifs is 1. The van der Waals surface area contributed by atoms with Crippen LogP contribution in [0, 0.1) is 5.82 Å². The first-order chi connectivity index (χ1) is 9.32. The minimum absolute atomic E-state index is 0.0734. The SMILES string of the molecule is CCCNc1nc2c(F)cc(Cl)cc2cc1C(C)(C)C. The Kier molecular flexibility index (Phi) is 4.19. The smallest absolute Gasteiger partial charge is 0.150 e. The summed E-state index contributed by atoms with van der Waals surface area (Å²) in [5.41, 5.74) is 1.36. The van der Waals surface area contributed by atoms with E-state index in [0.717, 1.165) is 29.7 Å². The fourth-order valence-corrected chi connectivity index (χ4v) is 2.37. The van der Waals surface area contributed by atoms with Crippen LogP contribution in [0.3, 0.4) is 0 Å². The second-order valence-corrected chi connectivity index (χ2v) is 6.46. The van der Waals surface area contributed by atoms with Crippen molar-refractivity contribution in [2.75, 3.05) is 11.9 Å². The van der Waals surface area contributed by atoms with Crippen molar-refractivity contribution >= 4 is 28.3 Å². The molecule has 108 valence electrons. The summed E-state index contributed by atoms with van der Waals surface area (Å²) < 4.78 is 14.0. The molecule has 1 aromatic heterocycles. The number of hydrogen-bond donors (Lipinski definition) is 1. The minimum Gasteiger partial charge on any atom is -0.370 e. The van der Waals surface area contributed by atoms with Crippen LogP contribution in [-0.2, 0) is 5.41 Å². The topological polar surface area (TPSA) is 24.9 Å². The molecule has 0 aliphatic heterocycles. The van der Waals surface area contributed by atoms with E-state index in [1.54, 1.807) is 6.07 Å². The van der Waals surface area contributed by atoms with Gasteiger partial charge in [-0.05, 0) is 30.0 Å². The van der Waals surface area contributed by atoms with E-state index >= 15 is 0 Å². The summed E-state index contributed by atoms with van der Waals surface area (Å²) >= 11 is 5.93. The third-order valence-corrected chi connectivity index (χ3v) is 3.40. The predicted octanol–water partition coefficient (Wildman–Crippen LogP) is 5.15. The molecule has 1 N–H and O–H groups in total. The number of halogens is 2. The molecule has 20 heavy (non-hydrogen) atoms. The maximum atomic E-state index is 14.0. The molecule has 2 nitrogen and oxygen atoms in total. The lowest BCUT2D eigenvalue weighted by Crippen LogP contribution is -2.17. The average molecular weight is 295 g/mol. The largest absolute Gasteiger partial charge is 0.370 e. The fraction of sp³-hybridized carbons (Fsp3) is 0.438. The van der Waals surface area contributed by atoms with Gasteiger partial charge in [-0.15, -0.1) is 0 Å². The van der Waals surface area contributed by atoms with Crippen molar-refractivity contribution in [2.45, 2.75) is 39.5 Å². The number of pyridine rings is 1. The van der Waals surface area contributed by atoms with Gasteiger partial charge in [-0.3, -0.25) is 0 Å². The van der Waals surface area contributed by atoms with E-state index in [1.165, 1.54) is 6.07 Å². The number of rotatable bonds is 3. The molecule has 4 heteroatoms. The average Bonchev–Trinajstić information content (AvgIpc) is 2.34. The Hall–Kier alpha value is -1.35. The number of hydrogen-bond acceptors (Lipinski definition) is 2. The molecule has 0 aliphatic carbocycles. The highest BCUT2D eigenvalue weighted by Crippen LogP contribution is 2.33. The lowest BCUT2D eigenvalue weighted by atomic mass is 9.86. The van der Waals surface area contributed by atoms with Gasteiger partial charge in [-0.25, -0.2) is 9.37 Å². The molecule has 0 amide bonds. The summed E-state index contributed by atoms with van der Waals surface area (Å²) in [4.78, 5) is 4.48. The Morgan fingerprint density at radius 1 is 1.25 bits per heavy atom. The number of anilines is 1. The summed E-state index contributed by atoms with van der Waals surface area (Å²) in [6.45, 7) is 9.26. The third-order valence-electron chi connectivity index (χ3n) is 3.19. The molecule has 1 aromatic carbocycles. The summed E-state index contributed by atoms with van der Waals surface area (Å²) in [5, 5.41) is 4.43. The van der Waals surface area contributed by atoms with Crippen molar-refractivity contribution < 1.29 is 4.39 Å². The molecule has 0 saturated heterocycles. The van der Waals surface area contributed by atoms with Crippen LogP contribution in [0.1, 0.15) is 39.7 Å². The summed E-state index contributed by atoms with van der Waals surface area (Å²) in [5.74, 6) is 0.376. The van der Waals surface area contributed by atoms with Gasteiger partial charge in [-0.1, -0.05) is 39.3 Å². The number of aromatic nitrogens is 1. The number of nitrogens with one attached hydrogen (secondary N) is 1. The quantitative estimate of drug-likeness (QED) is 0.847. The minimum atomic E-state index is -0.382. The van der Waals surface area contributed by atoms with Crippen molar-refractivity contribution in [2.24, 2.45) is 0 Å². The molecule has 0 saturated carbocycles. The van der Waals surface area contributed by atoms with Crippen molar-refractivity contribution in [3.63, 3.8) is 0 Å². The summed E-state index contributed by atoms with van der Waals surface area (Å²) in [6, 6.07) is 5.04. The Morgan fingerprint density at radius 2 is 1.95 bits per heavy atom. The van der Waals surface area contributed by atoms with Crippen LogP contribution in [0.4, 0.5) is 10.2 Å². The number of benzene rings is 1. The molecule has 0 unspecified atom stereocenters. The number of nitrogens with zero attached hydrogens (tertiary/aromatic N) is 1. The molecule has 0 bridgehead atoms. The van der Waals surface area contributed by atoms with Gasteiger partial charge in [0.15, 0.2) is 5.82 Å². The molecular weight excluding hydrogens is 275 g/mol. The Bertz CT molecular complexity index is 632. The molecule has 0 fully saturated rings. The molecule has 2 aromatic rings. The van der Waals surface area contributed by atoms with Gasteiger partial charge in [0, 0.05) is 22.5 Å². The van der Waals surface area contributed by atoms with Crippen LogP contribution in [0.2, 0.25) is 5.02 Å². The molecule has 0 aliphatic rings. The normalized spacial score (nSPS) is 11.9. The Balaban J connectivity index is 2.68. The molecule has 0 radical (unpaired) electrons. The van der Waals surface area contributed by atoms with Crippen LogP contribution in [-0.4, -0.2) is 11.5 Å². The zero-order chi connectivity index (χ0) is 14.9. The molecule has 1 heterocycles. The van der Waals surface area contributed by atoms with Crippen molar-refractivity contribution in [1.82, 2.24) is 4.98 Å². The summed E-state index contributed by atoms with van der Waals surface area (Å²) in [7, 11) is 0. The molecule has 2 rings (SSSR count). The van der Waals surface area contributed by atoms with E-state index in [-0.39, 0.29) is 11.2 Å². The Labute approximate surface area is 124 Å². The standard InChI is InChI=1S/C16H20ClFN2/c1-5-6-19-15-12(16(2,3)4)8-10-7-11(17)9-13(18)14(10)20-15/h7-9H,5-6H2,1-4H3,(H,19,20). The third kappa shape index (κ3) is 3.04. The van der Waals surface area contributed by atoms with Gasteiger partial charge in [-0.2, -0.15) is 0 Å². The van der Waals surface area contributed by atoms with Crippen LogP contribution in [0.5, 0.6) is 0 Å². The Morgan fingerprint density at radius 3 is 2.55 bits per heavy atom. The predicted molar refractivity (Wildman–Crippen MR) is 84.2 cm³/mol. The second-order valence-electron chi connectivity index (χ2n) is 6.02. The first-order valence-corrected chi connectivity index (χ1v) is 7.25. The van der Waals surface area contributed by atoms with Gasteiger partial charge in [0.05, 0.1) is 0 Å². The van der Waals surface area contributed by atoms with E-state index < -0.39 is 0 Å². The van der Waals surface area contributed by atoms with E-state index in [4.69, 9.17) is 11.6 Å². The van der Waals surface area contributed by atoms with Gasteiger partial charge in [0.25, 0.3) is 0 Å². The molecular formula is C16H20ClFN2. The van der Waals surface area contributed by atoms with Crippen LogP contribution < -0.4 is 5.32 Å². The van der Waals surface area contributed by atoms with Crippen LogP contribution in [0.25, 0.3) is 10.9 Å². The van der Waals surface area contributed by atoms with E-state index in [2.05, 4.69) is 38.0 Å². The first kappa shape index (κ1) is 15.0. The van der Waals surface area contributed by atoms with Crippen LogP contribution >= 0.6 is 11.6 Å². The molecule has 0 spiro atoms. The maximum absolute atomic E-state index is 14.0. The van der Waals surface area contributed by atoms with E-state index in [1.807, 2.05) is 6.07 Å². The van der Waals surface area contributed by atoms with Gasteiger partial charge < -0.3 is 5.32 Å². The zero-order valence-corrected chi connectivity index (χ0v) is 13.1. The maximum Gasteiger partial charge on any atom is 0.150 e. The first-order valence-electron chi connectivity index (χ1n) is 6.87. The van der Waals surface area contributed by atoms with Gasteiger partial charge in [0.1, 0.15) is 11.3 Å². The fourth-order valence-electron chi connectivity index (χ4n) is 2.16. The van der Waals surface area contributed by atoms with Gasteiger partial charge >= 0.3 is 0 Å². The highest BCUT2D eigenvalue weighted by atomic mass is 35.5. The zero-order valence-electron chi connectivity index (χ0n) is 12.3. The molecule has 0 atom stereocenters. The summed E-state index contributed by atoms with van der Waals surface area (Å²) in [6.07, 6.45) is 0.992. The lowest BCUT2D eigenvalue weighted by Gasteiger charge is -2.23. The second kappa shape index (κ2) is 5.57. The van der Waals surface area contributed by atoms with E-state index in [0.29, 0.717) is 10.5 Å². The highest BCUT2D eigenvalue weighted by Gasteiger charge is 2.21. The lowest BCUT2D eigenvalue weighted by molar-refractivity contribution is 0.589. The van der Waals surface area contributed by atoms with Crippen molar-refractivity contribution in [3.05, 3.63) is 34.6 Å². The van der Waals surface area contributed by atoms with Crippen LogP contribution in [0.15, 0.2) is 18.2 Å². The van der Waals surface area contributed by atoms with E-state index in [9.17, 15) is 4.39 Å². The van der Waals surface area contributed by atoms with Crippen molar-refractivity contribution in [3.8, 4) is 0 Å².